The highest BCUT2D eigenvalue weighted by atomic mass is 127. The van der Waals surface area contributed by atoms with E-state index in [2.05, 4.69) is 21.9 Å². The van der Waals surface area contributed by atoms with E-state index in [4.69, 9.17) is 5.73 Å². The van der Waals surface area contributed by atoms with Crippen molar-refractivity contribution in [1.29, 1.82) is 0 Å². The molecular weight excluding hydrogens is 347 g/mol. The third-order valence-corrected chi connectivity index (χ3v) is 2.85. The molecule has 17 heavy (non-hydrogen) atoms. The Labute approximate surface area is 124 Å². The quantitative estimate of drug-likeness (QED) is 0.508. The van der Waals surface area contributed by atoms with Crippen LogP contribution in [0, 0.1) is 6.92 Å². The van der Waals surface area contributed by atoms with Crippen molar-refractivity contribution in [2.24, 2.45) is 10.7 Å². The maximum Gasteiger partial charge on any atom is 0.161 e. The minimum atomic E-state index is 0. The van der Waals surface area contributed by atoms with E-state index in [0.29, 0.717) is 11.0 Å². The van der Waals surface area contributed by atoms with Gasteiger partial charge in [-0.3, -0.25) is 0 Å². The predicted molar refractivity (Wildman–Crippen MR) is 85.7 cm³/mol. The first-order valence-corrected chi connectivity index (χ1v) is 6.59. The summed E-state index contributed by atoms with van der Waals surface area (Å²) in [7, 11) is 0. The van der Waals surface area contributed by atoms with Crippen LogP contribution in [-0.4, -0.2) is 21.4 Å². The average Bonchev–Trinajstić information content (AvgIpc) is 2.31. The molecule has 0 amide bonds. The number of aliphatic imine (C=N–C) groups is 1. The summed E-state index contributed by atoms with van der Waals surface area (Å²) in [5.74, 6) is 1.53. The van der Waals surface area contributed by atoms with Crippen LogP contribution in [0.4, 0.5) is 5.82 Å². The van der Waals surface area contributed by atoms with Crippen LogP contribution in [0.25, 0.3) is 0 Å². The first-order valence-electron chi connectivity index (χ1n) is 5.36. The van der Waals surface area contributed by atoms with Crippen molar-refractivity contribution in [3.63, 3.8) is 0 Å². The van der Waals surface area contributed by atoms with Crippen molar-refractivity contribution >= 4 is 46.7 Å². The van der Waals surface area contributed by atoms with E-state index in [1.165, 1.54) is 11.8 Å². The van der Waals surface area contributed by atoms with E-state index in [9.17, 15) is 0 Å². The summed E-state index contributed by atoms with van der Waals surface area (Å²) in [6.45, 7) is 6.11. The average molecular weight is 366 g/mol. The zero-order valence-corrected chi connectivity index (χ0v) is 13.8. The minimum Gasteiger partial charge on any atom is -0.378 e. The molecule has 96 valence electrons. The lowest BCUT2D eigenvalue weighted by molar-refractivity contribution is 0.872. The number of thioether (sulfide) groups is 1. The lowest BCUT2D eigenvalue weighted by Crippen LogP contribution is -2.07. The highest BCUT2D eigenvalue weighted by molar-refractivity contribution is 14.0. The van der Waals surface area contributed by atoms with Gasteiger partial charge < -0.3 is 5.73 Å². The summed E-state index contributed by atoms with van der Waals surface area (Å²) in [4.78, 5) is 13.2. The molecule has 0 aliphatic carbocycles. The van der Waals surface area contributed by atoms with Crippen molar-refractivity contribution in [3.8, 4) is 0 Å². The summed E-state index contributed by atoms with van der Waals surface area (Å²) in [6.07, 6.45) is 3.61. The fourth-order valence-corrected chi connectivity index (χ4v) is 1.54. The Morgan fingerprint density at radius 1 is 1.29 bits per heavy atom. The van der Waals surface area contributed by atoms with Crippen LogP contribution in [-0.2, 0) is 12.8 Å². The lowest BCUT2D eigenvalue weighted by Gasteiger charge is -2.08. The van der Waals surface area contributed by atoms with Gasteiger partial charge >= 0.3 is 0 Å². The second-order valence-electron chi connectivity index (χ2n) is 3.40. The molecule has 0 aliphatic rings. The molecule has 1 aromatic rings. The normalized spacial score (nSPS) is 11.2. The molecule has 0 radical (unpaired) electrons. The molecule has 1 heterocycles. The molecule has 0 spiro atoms. The van der Waals surface area contributed by atoms with Crippen molar-refractivity contribution in [1.82, 2.24) is 9.97 Å². The first kappa shape index (κ1) is 16.6. The highest BCUT2D eigenvalue weighted by Gasteiger charge is 2.08. The van der Waals surface area contributed by atoms with Crippen molar-refractivity contribution < 1.29 is 0 Å². The van der Waals surface area contributed by atoms with Crippen molar-refractivity contribution in [2.75, 3.05) is 6.26 Å². The summed E-state index contributed by atoms with van der Waals surface area (Å²) in [5.41, 5.74) is 7.79. The Morgan fingerprint density at radius 2 is 1.94 bits per heavy atom. The number of rotatable bonds is 3. The topological polar surface area (TPSA) is 64.2 Å². The van der Waals surface area contributed by atoms with E-state index in [1.54, 1.807) is 0 Å². The SMILES string of the molecule is CCc1nc(CC)c(C)c(N=C(N)SC)n1.I. The molecule has 0 saturated carbocycles. The van der Waals surface area contributed by atoms with Gasteiger partial charge in [0.05, 0.1) is 0 Å². The molecule has 0 aliphatic heterocycles. The molecule has 0 aromatic carbocycles. The zero-order chi connectivity index (χ0) is 12.1. The lowest BCUT2D eigenvalue weighted by atomic mass is 10.2. The summed E-state index contributed by atoms with van der Waals surface area (Å²) in [6, 6.07) is 0. The number of hydrogen-bond donors (Lipinski definition) is 1. The predicted octanol–water partition coefficient (Wildman–Crippen LogP) is 2.84. The molecule has 0 saturated heterocycles. The van der Waals surface area contributed by atoms with Crippen LogP contribution >= 0.6 is 35.7 Å². The van der Waals surface area contributed by atoms with Crippen LogP contribution in [0.2, 0.25) is 0 Å². The van der Waals surface area contributed by atoms with Crippen LogP contribution in [0.5, 0.6) is 0 Å². The summed E-state index contributed by atoms with van der Waals surface area (Å²) in [5, 5.41) is 0.533. The van der Waals surface area contributed by atoms with Gasteiger partial charge in [0.15, 0.2) is 11.0 Å². The zero-order valence-electron chi connectivity index (χ0n) is 10.6. The molecule has 0 unspecified atom stereocenters. The third kappa shape index (κ3) is 4.42. The molecule has 1 aromatic heterocycles. The Balaban J connectivity index is 0.00000256. The fraction of sp³-hybridized carbons (Fsp3) is 0.545. The van der Waals surface area contributed by atoms with Crippen LogP contribution in [0.1, 0.15) is 30.9 Å². The number of aromatic nitrogens is 2. The second-order valence-corrected chi connectivity index (χ2v) is 4.22. The van der Waals surface area contributed by atoms with Gasteiger partial charge in [0.1, 0.15) is 5.82 Å². The number of amidine groups is 1. The molecule has 1 rings (SSSR count). The van der Waals surface area contributed by atoms with E-state index in [-0.39, 0.29) is 24.0 Å². The van der Waals surface area contributed by atoms with E-state index in [0.717, 1.165) is 29.9 Å². The van der Waals surface area contributed by atoms with Gasteiger partial charge in [0, 0.05) is 17.7 Å². The molecule has 0 fully saturated rings. The van der Waals surface area contributed by atoms with E-state index >= 15 is 0 Å². The van der Waals surface area contributed by atoms with E-state index in [1.807, 2.05) is 20.1 Å². The highest BCUT2D eigenvalue weighted by Crippen LogP contribution is 2.20. The van der Waals surface area contributed by atoms with Gasteiger partial charge in [-0.25, -0.2) is 15.0 Å². The minimum absolute atomic E-state index is 0. The third-order valence-electron chi connectivity index (χ3n) is 2.34. The van der Waals surface area contributed by atoms with Crippen LogP contribution in [0.3, 0.4) is 0 Å². The van der Waals surface area contributed by atoms with Crippen LogP contribution < -0.4 is 5.73 Å². The Hall–Kier alpha value is -0.370. The van der Waals surface area contributed by atoms with Crippen molar-refractivity contribution in [2.45, 2.75) is 33.6 Å². The molecule has 2 N–H and O–H groups in total. The summed E-state index contributed by atoms with van der Waals surface area (Å²) >= 11 is 1.42. The largest absolute Gasteiger partial charge is 0.378 e. The van der Waals surface area contributed by atoms with Gasteiger partial charge in [-0.15, -0.1) is 24.0 Å². The summed E-state index contributed by atoms with van der Waals surface area (Å²) < 4.78 is 0. The molecular formula is C11H19IN4S. The standard InChI is InChI=1S/C11H18N4S.HI/c1-5-8-7(3)10(15-11(12)16-4)14-9(6-2)13-8;/h5-6H2,1-4H3,(H2,12,13,14,15);1H. The number of nitrogens with zero attached hydrogens (tertiary/aromatic N) is 3. The monoisotopic (exact) mass is 366 g/mol. The first-order chi connectivity index (χ1) is 7.62. The Bertz CT molecular complexity index is 407. The van der Waals surface area contributed by atoms with Gasteiger partial charge in [-0.05, 0) is 19.6 Å². The van der Waals surface area contributed by atoms with Crippen LogP contribution in [0.15, 0.2) is 4.99 Å². The Morgan fingerprint density at radius 3 is 2.41 bits per heavy atom. The molecule has 4 nitrogen and oxygen atoms in total. The molecule has 0 bridgehead atoms. The number of halogens is 1. The number of nitrogens with two attached hydrogens (primary N) is 1. The maximum absolute atomic E-state index is 5.71. The fourth-order valence-electron chi connectivity index (χ4n) is 1.36. The van der Waals surface area contributed by atoms with E-state index < -0.39 is 0 Å². The smallest absolute Gasteiger partial charge is 0.161 e. The maximum atomic E-state index is 5.71. The Kier molecular flexibility index (Phi) is 7.69. The number of aryl methyl sites for hydroxylation is 2. The number of hydrogen-bond acceptors (Lipinski definition) is 4. The van der Waals surface area contributed by atoms with Gasteiger partial charge in [-0.1, -0.05) is 25.6 Å². The second kappa shape index (κ2) is 7.86. The van der Waals surface area contributed by atoms with Crippen molar-refractivity contribution in [3.05, 3.63) is 17.1 Å². The molecule has 0 atom stereocenters. The van der Waals surface area contributed by atoms with Gasteiger partial charge in [-0.2, -0.15) is 0 Å². The molecule has 6 heteroatoms. The van der Waals surface area contributed by atoms with Gasteiger partial charge in [0.2, 0.25) is 0 Å². The van der Waals surface area contributed by atoms with Gasteiger partial charge in [0.25, 0.3) is 0 Å².